The quantitative estimate of drug-likeness (QED) is 0.830. The lowest BCUT2D eigenvalue weighted by molar-refractivity contribution is 0.187. The van der Waals surface area contributed by atoms with Crippen LogP contribution in [0.25, 0.3) is 0 Å². The minimum Gasteiger partial charge on any atom is -0.307 e. The predicted molar refractivity (Wildman–Crippen MR) is 83.7 cm³/mol. The van der Waals surface area contributed by atoms with Gasteiger partial charge in [-0.25, -0.2) is 4.39 Å². The second-order valence-electron chi connectivity index (χ2n) is 6.97. The third-order valence-electron chi connectivity index (χ3n) is 4.67. The first kappa shape index (κ1) is 14.4. The summed E-state index contributed by atoms with van der Waals surface area (Å²) in [5, 5.41) is 3.82. The van der Waals surface area contributed by atoms with Gasteiger partial charge in [0, 0.05) is 17.0 Å². The van der Waals surface area contributed by atoms with Crippen LogP contribution in [0.4, 0.5) is 4.39 Å². The highest BCUT2D eigenvalue weighted by molar-refractivity contribution is 7.99. The summed E-state index contributed by atoms with van der Waals surface area (Å²) in [4.78, 5) is 0.867. The molecular weight excluding hydrogens is 269 g/mol. The van der Waals surface area contributed by atoms with Crippen molar-refractivity contribution in [3.8, 4) is 0 Å². The molecule has 2 unspecified atom stereocenters. The fourth-order valence-electron chi connectivity index (χ4n) is 3.68. The van der Waals surface area contributed by atoms with Crippen molar-refractivity contribution in [1.29, 1.82) is 0 Å². The average Bonchev–Trinajstić information content (AvgIpc) is 2.39. The Bertz CT molecular complexity index is 486. The molecule has 3 heteroatoms. The average molecular weight is 293 g/mol. The van der Waals surface area contributed by atoms with Gasteiger partial charge in [0.25, 0.3) is 0 Å². The summed E-state index contributed by atoms with van der Waals surface area (Å²) in [6.45, 7) is 4.73. The SMILES string of the molecule is CC1(C)CCCC(NC2CCSc3c(F)cccc32)C1. The number of hydrogen-bond donors (Lipinski definition) is 1. The summed E-state index contributed by atoms with van der Waals surface area (Å²) in [7, 11) is 0. The number of halogens is 1. The maximum atomic E-state index is 13.9. The normalized spacial score (nSPS) is 28.9. The van der Waals surface area contributed by atoms with Crippen molar-refractivity contribution in [2.24, 2.45) is 5.41 Å². The van der Waals surface area contributed by atoms with Gasteiger partial charge in [-0.3, -0.25) is 0 Å². The third-order valence-corrected chi connectivity index (χ3v) is 5.83. The molecule has 1 aromatic rings. The van der Waals surface area contributed by atoms with Crippen molar-refractivity contribution < 1.29 is 4.39 Å². The van der Waals surface area contributed by atoms with E-state index in [9.17, 15) is 4.39 Å². The van der Waals surface area contributed by atoms with Gasteiger partial charge in [0.15, 0.2) is 0 Å². The van der Waals surface area contributed by atoms with Gasteiger partial charge in [0.05, 0.1) is 0 Å². The summed E-state index contributed by atoms with van der Waals surface area (Å²) >= 11 is 1.67. The van der Waals surface area contributed by atoms with E-state index in [1.54, 1.807) is 17.8 Å². The monoisotopic (exact) mass is 293 g/mol. The van der Waals surface area contributed by atoms with Crippen molar-refractivity contribution in [3.63, 3.8) is 0 Å². The van der Waals surface area contributed by atoms with E-state index in [0.717, 1.165) is 17.1 Å². The van der Waals surface area contributed by atoms with Crippen molar-refractivity contribution in [2.75, 3.05) is 5.75 Å². The summed E-state index contributed by atoms with van der Waals surface area (Å²) < 4.78 is 13.9. The molecule has 0 spiro atoms. The summed E-state index contributed by atoms with van der Waals surface area (Å²) in [5.74, 6) is 0.963. The summed E-state index contributed by atoms with van der Waals surface area (Å²) in [6, 6.07) is 6.44. The van der Waals surface area contributed by atoms with Gasteiger partial charge >= 0.3 is 0 Å². The molecule has 0 amide bonds. The first-order chi connectivity index (χ1) is 9.55. The highest BCUT2D eigenvalue weighted by atomic mass is 32.2. The number of thioether (sulfide) groups is 1. The van der Waals surface area contributed by atoms with Gasteiger partial charge in [-0.05, 0) is 48.5 Å². The van der Waals surface area contributed by atoms with E-state index < -0.39 is 0 Å². The van der Waals surface area contributed by atoms with Crippen molar-refractivity contribution in [1.82, 2.24) is 5.32 Å². The largest absolute Gasteiger partial charge is 0.307 e. The van der Waals surface area contributed by atoms with Crippen LogP contribution in [-0.4, -0.2) is 11.8 Å². The van der Waals surface area contributed by atoms with Crippen LogP contribution >= 0.6 is 11.8 Å². The molecule has 0 radical (unpaired) electrons. The zero-order valence-corrected chi connectivity index (χ0v) is 13.2. The van der Waals surface area contributed by atoms with Crippen LogP contribution in [0.1, 0.15) is 57.6 Å². The van der Waals surface area contributed by atoms with Crippen LogP contribution in [0.5, 0.6) is 0 Å². The van der Waals surface area contributed by atoms with Crippen LogP contribution in [0.15, 0.2) is 23.1 Å². The second-order valence-corrected chi connectivity index (χ2v) is 8.08. The fourth-order valence-corrected chi connectivity index (χ4v) is 4.83. The zero-order valence-electron chi connectivity index (χ0n) is 12.4. The Hall–Kier alpha value is -0.540. The Morgan fingerprint density at radius 3 is 2.95 bits per heavy atom. The molecule has 3 rings (SSSR count). The first-order valence-corrected chi connectivity index (χ1v) is 8.71. The zero-order chi connectivity index (χ0) is 14.2. The molecule has 110 valence electrons. The van der Waals surface area contributed by atoms with Crippen LogP contribution in [0.2, 0.25) is 0 Å². The number of fused-ring (bicyclic) bond motifs is 1. The molecule has 2 atom stereocenters. The first-order valence-electron chi connectivity index (χ1n) is 7.72. The van der Waals surface area contributed by atoms with Crippen LogP contribution in [-0.2, 0) is 0 Å². The number of hydrogen-bond acceptors (Lipinski definition) is 2. The standard InChI is InChI=1S/C17H24FNS/c1-17(2)9-4-5-12(11-17)19-15-8-10-20-16-13(15)6-3-7-14(16)18/h3,6-7,12,15,19H,4-5,8-11H2,1-2H3. The molecule has 1 saturated carbocycles. The molecule has 0 aromatic heterocycles. The van der Waals surface area contributed by atoms with Crippen molar-refractivity contribution >= 4 is 11.8 Å². The lowest BCUT2D eigenvalue weighted by Crippen LogP contribution is -2.40. The predicted octanol–water partition coefficient (Wildman–Crippen LogP) is 4.92. The highest BCUT2D eigenvalue weighted by Gasteiger charge is 2.31. The smallest absolute Gasteiger partial charge is 0.137 e. The van der Waals surface area contributed by atoms with Crippen LogP contribution in [0, 0.1) is 11.2 Å². The van der Waals surface area contributed by atoms with E-state index in [4.69, 9.17) is 0 Å². The van der Waals surface area contributed by atoms with E-state index in [2.05, 4.69) is 25.2 Å². The fraction of sp³-hybridized carbons (Fsp3) is 0.647. The Morgan fingerprint density at radius 1 is 1.30 bits per heavy atom. The van der Waals surface area contributed by atoms with Crippen LogP contribution in [0.3, 0.4) is 0 Å². The minimum absolute atomic E-state index is 0.0528. The molecule has 1 aliphatic carbocycles. The maximum Gasteiger partial charge on any atom is 0.137 e. The lowest BCUT2D eigenvalue weighted by atomic mass is 9.75. The molecule has 2 aliphatic rings. The molecule has 1 heterocycles. The number of benzene rings is 1. The highest BCUT2D eigenvalue weighted by Crippen LogP contribution is 2.40. The lowest BCUT2D eigenvalue weighted by Gasteiger charge is -2.38. The van der Waals surface area contributed by atoms with Gasteiger partial charge < -0.3 is 5.32 Å². The molecular formula is C17H24FNS. The van der Waals surface area contributed by atoms with Gasteiger partial charge in [-0.2, -0.15) is 0 Å². The third kappa shape index (κ3) is 3.04. The maximum absolute atomic E-state index is 13.9. The van der Waals surface area contributed by atoms with Crippen LogP contribution < -0.4 is 5.32 Å². The van der Waals surface area contributed by atoms with Gasteiger partial charge in [-0.15, -0.1) is 11.8 Å². The molecule has 1 aromatic carbocycles. The molecule has 1 aliphatic heterocycles. The summed E-state index contributed by atoms with van der Waals surface area (Å²) in [5.41, 5.74) is 1.62. The van der Waals surface area contributed by atoms with E-state index in [1.807, 2.05) is 6.07 Å². The molecule has 1 nitrogen and oxygen atoms in total. The van der Waals surface area contributed by atoms with Gasteiger partial charge in [-0.1, -0.05) is 32.4 Å². The topological polar surface area (TPSA) is 12.0 Å². The Morgan fingerprint density at radius 2 is 2.15 bits per heavy atom. The van der Waals surface area contributed by atoms with E-state index in [-0.39, 0.29) is 5.82 Å². The Kier molecular flexibility index (Phi) is 4.09. The number of nitrogens with one attached hydrogen (secondary N) is 1. The number of rotatable bonds is 2. The summed E-state index contributed by atoms with van der Waals surface area (Å²) in [6.07, 6.45) is 6.25. The molecule has 1 N–H and O–H groups in total. The molecule has 0 saturated heterocycles. The Labute approximate surface area is 125 Å². The molecule has 0 bridgehead atoms. The van der Waals surface area contributed by atoms with E-state index >= 15 is 0 Å². The molecule has 20 heavy (non-hydrogen) atoms. The van der Waals surface area contributed by atoms with E-state index in [1.165, 1.54) is 31.2 Å². The Balaban J connectivity index is 1.75. The van der Waals surface area contributed by atoms with Gasteiger partial charge in [0.2, 0.25) is 0 Å². The van der Waals surface area contributed by atoms with E-state index in [0.29, 0.717) is 17.5 Å². The molecule has 1 fully saturated rings. The van der Waals surface area contributed by atoms with Crippen molar-refractivity contribution in [2.45, 2.75) is 62.9 Å². The minimum atomic E-state index is -0.0528. The van der Waals surface area contributed by atoms with Crippen molar-refractivity contribution in [3.05, 3.63) is 29.6 Å². The second kappa shape index (κ2) is 5.69. The van der Waals surface area contributed by atoms with Gasteiger partial charge in [0.1, 0.15) is 5.82 Å².